The smallest absolute Gasteiger partial charge is 0.227 e. The van der Waals surface area contributed by atoms with Crippen LogP contribution >= 0.6 is 0 Å². The van der Waals surface area contributed by atoms with E-state index in [0.717, 1.165) is 61.2 Å². The van der Waals surface area contributed by atoms with E-state index in [1.165, 1.54) is 27.5 Å². The molecule has 10 aromatic rings. The van der Waals surface area contributed by atoms with Gasteiger partial charge in [-0.3, -0.25) is 0 Å². The van der Waals surface area contributed by atoms with Gasteiger partial charge >= 0.3 is 0 Å². The van der Waals surface area contributed by atoms with E-state index in [2.05, 4.69) is 138 Å². The molecule has 0 unspecified atom stereocenters. The Morgan fingerprint density at radius 1 is 0.392 bits per heavy atom. The largest absolute Gasteiger partial charge is 0.456 e. The van der Waals surface area contributed by atoms with Gasteiger partial charge in [0.1, 0.15) is 16.7 Å². The number of rotatable bonds is 6. The van der Waals surface area contributed by atoms with Crippen molar-refractivity contribution >= 4 is 60.9 Å². The summed E-state index contributed by atoms with van der Waals surface area (Å²) in [7, 11) is 0. The second-order valence-electron chi connectivity index (χ2n) is 12.8. The number of fused-ring (bicyclic) bond motifs is 6. The van der Waals surface area contributed by atoms with Gasteiger partial charge in [0.25, 0.3) is 0 Å². The minimum absolute atomic E-state index is 0.592. The number of aromatic nitrogens is 1. The maximum atomic E-state index is 6.47. The lowest BCUT2D eigenvalue weighted by Crippen LogP contribution is -2.10. The minimum atomic E-state index is 0.592. The molecule has 2 aromatic heterocycles. The molecule has 8 aromatic carbocycles. The lowest BCUT2D eigenvalue weighted by Gasteiger charge is -2.26. The van der Waals surface area contributed by atoms with Crippen molar-refractivity contribution in [1.29, 1.82) is 0 Å². The van der Waals surface area contributed by atoms with Crippen molar-refractivity contribution in [2.45, 2.75) is 0 Å². The first kappa shape index (κ1) is 29.0. The van der Waals surface area contributed by atoms with Gasteiger partial charge in [0.15, 0.2) is 5.58 Å². The van der Waals surface area contributed by atoms with Crippen molar-refractivity contribution < 1.29 is 8.83 Å². The third-order valence-electron chi connectivity index (χ3n) is 9.67. The predicted octanol–water partition coefficient (Wildman–Crippen LogP) is 13.4. The Hall–Kier alpha value is -6.91. The molecule has 0 saturated heterocycles. The Bertz CT molecular complexity index is 2850. The molecule has 0 radical (unpaired) electrons. The molecular formula is C47H30N2O2. The Morgan fingerprint density at radius 3 is 1.84 bits per heavy atom. The monoisotopic (exact) mass is 654 g/mol. The summed E-state index contributed by atoms with van der Waals surface area (Å²) in [6.07, 6.45) is 0. The molecule has 4 nitrogen and oxygen atoms in total. The molecule has 0 bridgehead atoms. The predicted molar refractivity (Wildman–Crippen MR) is 210 cm³/mol. The first-order chi connectivity index (χ1) is 25.2. The number of nitrogens with zero attached hydrogens (tertiary/aromatic N) is 2. The summed E-state index contributed by atoms with van der Waals surface area (Å²) in [4.78, 5) is 7.16. The van der Waals surface area contributed by atoms with Gasteiger partial charge < -0.3 is 13.7 Å². The first-order valence-electron chi connectivity index (χ1n) is 17.1. The topological polar surface area (TPSA) is 42.4 Å². The number of anilines is 3. The highest BCUT2D eigenvalue weighted by molar-refractivity contribution is 6.17. The van der Waals surface area contributed by atoms with Crippen LogP contribution in [0, 0.1) is 0 Å². The zero-order valence-corrected chi connectivity index (χ0v) is 27.5. The summed E-state index contributed by atoms with van der Waals surface area (Å²) in [6, 6.07) is 63.6. The van der Waals surface area contributed by atoms with Crippen LogP contribution in [-0.2, 0) is 0 Å². The molecule has 0 aliphatic heterocycles. The van der Waals surface area contributed by atoms with Gasteiger partial charge in [-0.15, -0.1) is 0 Å². The highest BCUT2D eigenvalue weighted by Gasteiger charge is 2.20. The van der Waals surface area contributed by atoms with Gasteiger partial charge in [-0.2, -0.15) is 0 Å². The lowest BCUT2D eigenvalue weighted by molar-refractivity contribution is 0.622. The fourth-order valence-corrected chi connectivity index (χ4v) is 7.15. The van der Waals surface area contributed by atoms with Crippen molar-refractivity contribution in [1.82, 2.24) is 4.98 Å². The molecule has 0 amide bonds. The second-order valence-corrected chi connectivity index (χ2v) is 12.8. The van der Waals surface area contributed by atoms with E-state index in [-0.39, 0.29) is 0 Å². The fraction of sp³-hybridized carbons (Fsp3) is 0. The van der Waals surface area contributed by atoms with E-state index in [4.69, 9.17) is 13.8 Å². The summed E-state index contributed by atoms with van der Waals surface area (Å²) in [5, 5.41) is 4.35. The van der Waals surface area contributed by atoms with Crippen LogP contribution in [-0.4, -0.2) is 4.98 Å². The number of oxazole rings is 1. The molecule has 0 fully saturated rings. The average Bonchev–Trinajstić information content (AvgIpc) is 3.81. The Morgan fingerprint density at radius 2 is 1.02 bits per heavy atom. The van der Waals surface area contributed by atoms with E-state index in [9.17, 15) is 0 Å². The molecule has 0 saturated carbocycles. The molecule has 2 heterocycles. The summed E-state index contributed by atoms with van der Waals surface area (Å²) in [6.45, 7) is 0. The fourth-order valence-electron chi connectivity index (χ4n) is 7.15. The van der Waals surface area contributed by atoms with Crippen LogP contribution < -0.4 is 4.90 Å². The molecule has 240 valence electrons. The van der Waals surface area contributed by atoms with E-state index >= 15 is 0 Å². The molecule has 0 aliphatic rings. The molecule has 51 heavy (non-hydrogen) atoms. The molecule has 0 spiro atoms. The molecule has 0 N–H and O–H groups in total. The molecule has 0 atom stereocenters. The van der Waals surface area contributed by atoms with Crippen LogP contribution in [0.4, 0.5) is 17.1 Å². The molecule has 0 aliphatic carbocycles. The number of hydrogen-bond acceptors (Lipinski definition) is 4. The van der Waals surface area contributed by atoms with Gasteiger partial charge in [-0.25, -0.2) is 4.98 Å². The number of furan rings is 1. The van der Waals surface area contributed by atoms with Crippen LogP contribution in [0.25, 0.3) is 77.5 Å². The van der Waals surface area contributed by atoms with E-state index in [1.807, 2.05) is 48.5 Å². The third-order valence-corrected chi connectivity index (χ3v) is 9.67. The molecule has 4 heteroatoms. The van der Waals surface area contributed by atoms with Crippen molar-refractivity contribution in [2.24, 2.45) is 0 Å². The van der Waals surface area contributed by atoms with E-state index < -0.39 is 0 Å². The summed E-state index contributed by atoms with van der Waals surface area (Å²) in [5.74, 6) is 0.592. The number of hydrogen-bond donors (Lipinski definition) is 0. The summed E-state index contributed by atoms with van der Waals surface area (Å²) < 4.78 is 12.9. The van der Waals surface area contributed by atoms with Crippen molar-refractivity contribution in [2.75, 3.05) is 4.90 Å². The molecule has 10 rings (SSSR count). The normalized spacial score (nSPS) is 11.5. The second kappa shape index (κ2) is 11.9. The summed E-state index contributed by atoms with van der Waals surface area (Å²) >= 11 is 0. The lowest BCUT2D eigenvalue weighted by atomic mass is 10.00. The van der Waals surface area contributed by atoms with E-state index in [1.54, 1.807) is 0 Å². The SMILES string of the molecule is c1ccc(-c2ccc(N(c3cccc(-c4ccc5ccccc5c4)c3)c3ccc4oc5ccc6nc(-c7ccccc7)oc6c5c4c3)cc2)cc1. The van der Waals surface area contributed by atoms with Gasteiger partial charge in [-0.05, 0) is 106 Å². The van der Waals surface area contributed by atoms with Gasteiger partial charge in [-0.1, -0.05) is 109 Å². The average molecular weight is 655 g/mol. The van der Waals surface area contributed by atoms with Crippen LogP contribution in [0.5, 0.6) is 0 Å². The van der Waals surface area contributed by atoms with Crippen LogP contribution in [0.2, 0.25) is 0 Å². The van der Waals surface area contributed by atoms with Crippen LogP contribution in [0.15, 0.2) is 191 Å². The quantitative estimate of drug-likeness (QED) is 0.179. The maximum absolute atomic E-state index is 6.47. The van der Waals surface area contributed by atoms with Crippen LogP contribution in [0.3, 0.4) is 0 Å². The number of benzene rings is 8. The Labute approximate surface area is 294 Å². The highest BCUT2D eigenvalue weighted by Crippen LogP contribution is 2.42. The standard InChI is InChI=1S/C47H30N2O2/c1-3-10-31(11-4-1)33-20-22-38(23-21-33)49(39-17-9-16-36(29-39)37-19-18-32-12-7-8-15-35(32)28-37)40-24-26-43-41(30-40)45-44(50-43)27-25-42-46(45)51-47(48-42)34-13-5-2-6-14-34/h1-30H. The van der Waals surface area contributed by atoms with Crippen LogP contribution in [0.1, 0.15) is 0 Å². The van der Waals surface area contributed by atoms with E-state index in [0.29, 0.717) is 5.89 Å². The van der Waals surface area contributed by atoms with Gasteiger partial charge in [0.2, 0.25) is 5.89 Å². The maximum Gasteiger partial charge on any atom is 0.227 e. The van der Waals surface area contributed by atoms with Crippen molar-refractivity contribution in [3.63, 3.8) is 0 Å². The highest BCUT2D eigenvalue weighted by atomic mass is 16.4. The first-order valence-corrected chi connectivity index (χ1v) is 17.1. The minimum Gasteiger partial charge on any atom is -0.456 e. The summed E-state index contributed by atoms with van der Waals surface area (Å²) in [5.41, 5.74) is 11.8. The van der Waals surface area contributed by atoms with Gasteiger partial charge in [0.05, 0.1) is 5.39 Å². The Balaban J connectivity index is 1.14. The molecular weight excluding hydrogens is 625 g/mol. The zero-order valence-electron chi connectivity index (χ0n) is 27.5. The zero-order chi connectivity index (χ0) is 33.7. The van der Waals surface area contributed by atoms with Crippen molar-refractivity contribution in [3.8, 4) is 33.7 Å². The van der Waals surface area contributed by atoms with Crippen molar-refractivity contribution in [3.05, 3.63) is 182 Å². The van der Waals surface area contributed by atoms with Gasteiger partial charge in [0, 0.05) is 28.0 Å². The third kappa shape index (κ3) is 5.13. The Kier molecular flexibility index (Phi) is 6.78.